The molecule has 186 valence electrons. The molecular formula is C26H28N6O3S. The maximum Gasteiger partial charge on any atom is 0.255 e. The van der Waals surface area contributed by atoms with Gasteiger partial charge in [0.1, 0.15) is 5.52 Å². The molecule has 1 unspecified atom stereocenters. The van der Waals surface area contributed by atoms with E-state index in [1.54, 1.807) is 56.6 Å². The molecule has 9 nitrogen and oxygen atoms in total. The van der Waals surface area contributed by atoms with Crippen LogP contribution in [0.4, 0.5) is 5.69 Å². The summed E-state index contributed by atoms with van der Waals surface area (Å²) in [6.45, 7) is 5.95. The number of H-pyrrole nitrogens is 1. The number of aromatic amines is 1. The highest BCUT2D eigenvalue weighted by Crippen LogP contribution is 2.26. The van der Waals surface area contributed by atoms with Gasteiger partial charge in [-0.1, -0.05) is 24.3 Å². The summed E-state index contributed by atoms with van der Waals surface area (Å²) in [6, 6.07) is 14.4. The van der Waals surface area contributed by atoms with Gasteiger partial charge >= 0.3 is 0 Å². The lowest BCUT2D eigenvalue weighted by atomic mass is 10.0. The fourth-order valence-electron chi connectivity index (χ4n) is 4.19. The van der Waals surface area contributed by atoms with E-state index in [0.717, 1.165) is 30.8 Å². The molecule has 0 radical (unpaired) electrons. The van der Waals surface area contributed by atoms with Crippen molar-refractivity contribution in [2.75, 3.05) is 25.0 Å². The van der Waals surface area contributed by atoms with Crippen LogP contribution in [0.3, 0.4) is 0 Å². The number of anilines is 1. The molecule has 0 bridgehead atoms. The molecule has 1 saturated heterocycles. The second-order valence-corrected chi connectivity index (χ2v) is 11.6. The number of fused-ring (bicyclic) bond motifs is 1. The number of hydrogen-bond acceptors (Lipinski definition) is 7. The van der Waals surface area contributed by atoms with Crippen LogP contribution >= 0.6 is 0 Å². The van der Waals surface area contributed by atoms with Gasteiger partial charge in [0.2, 0.25) is 0 Å². The fraction of sp³-hybridized carbons (Fsp3) is 0.269. The standard InChI is InChI=1S/C26H28N6O3S/c1-16(2)36(34,35)20-8-6-17(7-9-20)22-14-29-25-24(31-22)23(15-30-25)32-26(33)19-5-3-4-18(12-19)21-13-27-10-11-28-21/h3-9,12,14-16,21,27-28H,10-11,13H2,1-2H3,(H,29,30)(H,32,33). The van der Waals surface area contributed by atoms with Crippen LogP contribution < -0.4 is 16.0 Å². The molecule has 2 aromatic heterocycles. The summed E-state index contributed by atoms with van der Waals surface area (Å²) in [4.78, 5) is 25.5. The summed E-state index contributed by atoms with van der Waals surface area (Å²) in [7, 11) is -3.35. The number of sulfone groups is 1. The van der Waals surface area contributed by atoms with Crippen molar-refractivity contribution in [3.8, 4) is 11.3 Å². The number of benzene rings is 2. The first-order chi connectivity index (χ1) is 17.3. The molecule has 1 aliphatic heterocycles. The third-order valence-corrected chi connectivity index (χ3v) is 8.49. The Hall–Kier alpha value is -3.60. The van der Waals surface area contributed by atoms with Gasteiger partial charge in [-0.15, -0.1) is 0 Å². The van der Waals surface area contributed by atoms with E-state index in [1.807, 2.05) is 18.2 Å². The minimum atomic E-state index is -3.35. The Kier molecular flexibility index (Phi) is 6.57. The van der Waals surface area contributed by atoms with Crippen molar-refractivity contribution in [1.29, 1.82) is 0 Å². The number of carbonyl (C=O) groups excluding carboxylic acids is 1. The zero-order chi connectivity index (χ0) is 25.3. The Balaban J connectivity index is 1.39. The Morgan fingerprint density at radius 3 is 2.64 bits per heavy atom. The van der Waals surface area contributed by atoms with Gasteiger partial charge in [0.15, 0.2) is 15.5 Å². The van der Waals surface area contributed by atoms with Crippen LogP contribution in [0.15, 0.2) is 65.8 Å². The van der Waals surface area contributed by atoms with Gasteiger partial charge in [0.25, 0.3) is 5.91 Å². The SMILES string of the molecule is CC(C)S(=O)(=O)c1ccc(-c2cnc3[nH]cc(NC(=O)c4cccc(C5CNCCN5)c4)c3n2)cc1. The topological polar surface area (TPSA) is 129 Å². The third kappa shape index (κ3) is 4.75. The average Bonchev–Trinajstić information content (AvgIpc) is 3.31. The van der Waals surface area contributed by atoms with Gasteiger partial charge < -0.3 is 20.9 Å². The number of hydrogen-bond donors (Lipinski definition) is 4. The first-order valence-corrected chi connectivity index (χ1v) is 13.4. The van der Waals surface area contributed by atoms with Gasteiger partial charge in [0, 0.05) is 43.0 Å². The van der Waals surface area contributed by atoms with Crippen molar-refractivity contribution < 1.29 is 13.2 Å². The molecule has 0 saturated carbocycles. The van der Waals surface area contributed by atoms with Crippen LogP contribution in [0.1, 0.15) is 35.8 Å². The lowest BCUT2D eigenvalue weighted by Crippen LogP contribution is -2.42. The van der Waals surface area contributed by atoms with Gasteiger partial charge in [-0.05, 0) is 43.7 Å². The first kappa shape index (κ1) is 24.1. The van der Waals surface area contributed by atoms with Gasteiger partial charge in [-0.2, -0.15) is 0 Å². The van der Waals surface area contributed by atoms with Crippen molar-refractivity contribution in [2.24, 2.45) is 0 Å². The van der Waals surface area contributed by atoms with Crippen LogP contribution in [0.5, 0.6) is 0 Å². The van der Waals surface area contributed by atoms with E-state index in [9.17, 15) is 13.2 Å². The van der Waals surface area contributed by atoms with E-state index in [-0.39, 0.29) is 16.8 Å². The maximum absolute atomic E-state index is 13.1. The highest BCUT2D eigenvalue weighted by atomic mass is 32.2. The van der Waals surface area contributed by atoms with Crippen molar-refractivity contribution in [3.63, 3.8) is 0 Å². The molecule has 1 amide bonds. The first-order valence-electron chi connectivity index (χ1n) is 11.9. The lowest BCUT2D eigenvalue weighted by Gasteiger charge is -2.25. The molecule has 1 aliphatic rings. The predicted molar refractivity (Wildman–Crippen MR) is 140 cm³/mol. The third-order valence-electron chi connectivity index (χ3n) is 6.32. The Morgan fingerprint density at radius 2 is 1.92 bits per heavy atom. The normalized spacial score (nSPS) is 16.4. The number of amides is 1. The van der Waals surface area contributed by atoms with Crippen LogP contribution in [0.2, 0.25) is 0 Å². The predicted octanol–water partition coefficient (Wildman–Crippen LogP) is 3.29. The number of rotatable bonds is 6. The Morgan fingerprint density at radius 1 is 1.11 bits per heavy atom. The molecule has 3 heterocycles. The summed E-state index contributed by atoms with van der Waals surface area (Å²) in [6.07, 6.45) is 3.28. The Bertz CT molecular complexity index is 1510. The van der Waals surface area contributed by atoms with Crippen LogP contribution in [-0.4, -0.2) is 54.2 Å². The van der Waals surface area contributed by atoms with Crippen molar-refractivity contribution in [2.45, 2.75) is 30.0 Å². The van der Waals surface area contributed by atoms with Crippen LogP contribution in [0, 0.1) is 0 Å². The Labute approximate surface area is 209 Å². The molecule has 5 rings (SSSR count). The van der Waals surface area contributed by atoms with E-state index >= 15 is 0 Å². The van der Waals surface area contributed by atoms with Gasteiger partial charge in [-0.3, -0.25) is 4.79 Å². The lowest BCUT2D eigenvalue weighted by molar-refractivity contribution is 0.102. The number of nitrogens with zero attached hydrogens (tertiary/aromatic N) is 2. The van der Waals surface area contributed by atoms with E-state index in [0.29, 0.717) is 28.1 Å². The monoisotopic (exact) mass is 504 g/mol. The largest absolute Gasteiger partial charge is 0.343 e. The highest BCUT2D eigenvalue weighted by molar-refractivity contribution is 7.92. The summed E-state index contributed by atoms with van der Waals surface area (Å²) >= 11 is 0. The van der Waals surface area contributed by atoms with Crippen molar-refractivity contribution in [1.82, 2.24) is 25.6 Å². The molecule has 1 atom stereocenters. The summed E-state index contributed by atoms with van der Waals surface area (Å²) < 4.78 is 24.8. The second-order valence-electron chi connectivity index (χ2n) is 9.06. The minimum Gasteiger partial charge on any atom is -0.343 e. The summed E-state index contributed by atoms with van der Waals surface area (Å²) in [5, 5.41) is 9.26. The summed E-state index contributed by atoms with van der Waals surface area (Å²) in [5.41, 5.74) is 4.49. The molecule has 1 fully saturated rings. The molecule has 4 aromatic rings. The van der Waals surface area contributed by atoms with E-state index in [4.69, 9.17) is 4.98 Å². The van der Waals surface area contributed by atoms with Crippen molar-refractivity contribution >= 4 is 32.6 Å². The zero-order valence-corrected chi connectivity index (χ0v) is 20.9. The minimum absolute atomic E-state index is 0.162. The smallest absolute Gasteiger partial charge is 0.255 e. The molecule has 0 aliphatic carbocycles. The highest BCUT2D eigenvalue weighted by Gasteiger charge is 2.20. The zero-order valence-electron chi connectivity index (χ0n) is 20.1. The maximum atomic E-state index is 13.1. The molecule has 2 aromatic carbocycles. The number of piperazine rings is 1. The van der Waals surface area contributed by atoms with Crippen LogP contribution in [0.25, 0.3) is 22.4 Å². The molecule has 36 heavy (non-hydrogen) atoms. The van der Waals surface area contributed by atoms with Gasteiger partial charge in [0.05, 0.1) is 27.7 Å². The quantitative estimate of drug-likeness (QED) is 0.317. The molecule has 4 N–H and O–H groups in total. The van der Waals surface area contributed by atoms with E-state index < -0.39 is 15.1 Å². The second kappa shape index (κ2) is 9.81. The molecule has 10 heteroatoms. The average molecular weight is 505 g/mol. The van der Waals surface area contributed by atoms with E-state index in [2.05, 4.69) is 25.9 Å². The van der Waals surface area contributed by atoms with Gasteiger partial charge in [-0.25, -0.2) is 18.4 Å². The summed E-state index contributed by atoms with van der Waals surface area (Å²) in [5.74, 6) is -0.239. The molecular weight excluding hydrogens is 476 g/mol. The number of aromatic nitrogens is 3. The fourth-order valence-corrected chi connectivity index (χ4v) is 5.25. The molecule has 0 spiro atoms. The van der Waals surface area contributed by atoms with Crippen molar-refractivity contribution in [3.05, 3.63) is 72.1 Å². The number of nitrogens with one attached hydrogen (secondary N) is 4. The van der Waals surface area contributed by atoms with Crippen LogP contribution in [-0.2, 0) is 9.84 Å². The number of carbonyl (C=O) groups is 1. The van der Waals surface area contributed by atoms with E-state index in [1.165, 1.54) is 0 Å².